The smallest absolute Gasteiger partial charge is 0.223 e. The third-order valence-corrected chi connectivity index (χ3v) is 6.72. The molecule has 1 unspecified atom stereocenters. The molecule has 1 aliphatic heterocycles. The number of fused-ring (bicyclic) bond motifs is 3. The van der Waals surface area contributed by atoms with E-state index in [4.69, 9.17) is 4.52 Å². The van der Waals surface area contributed by atoms with Crippen LogP contribution in [0.5, 0.6) is 5.75 Å². The first kappa shape index (κ1) is 17.0. The van der Waals surface area contributed by atoms with E-state index in [1.165, 1.54) is 27.6 Å². The van der Waals surface area contributed by atoms with Crippen LogP contribution in [-0.2, 0) is 0 Å². The Hall–Kier alpha value is -3.09. The van der Waals surface area contributed by atoms with Crippen LogP contribution in [-0.4, -0.2) is 0 Å². The first-order chi connectivity index (χ1) is 13.8. The molecule has 1 atom stereocenters. The summed E-state index contributed by atoms with van der Waals surface area (Å²) in [6, 6.07) is 33.8. The predicted molar refractivity (Wildman–Crippen MR) is 119 cm³/mol. The third kappa shape index (κ3) is 2.96. The highest BCUT2D eigenvalue weighted by Crippen LogP contribution is 2.49. The van der Waals surface area contributed by atoms with E-state index in [-0.39, 0.29) is 0 Å². The Morgan fingerprint density at radius 3 is 2.04 bits per heavy atom. The van der Waals surface area contributed by atoms with Crippen LogP contribution in [0.2, 0.25) is 0 Å². The van der Waals surface area contributed by atoms with Crippen molar-refractivity contribution in [3.63, 3.8) is 0 Å². The van der Waals surface area contributed by atoms with E-state index in [0.717, 1.165) is 17.0 Å². The average molecular weight is 381 g/mol. The fourth-order valence-corrected chi connectivity index (χ4v) is 5.35. The Kier molecular flexibility index (Phi) is 4.35. The van der Waals surface area contributed by atoms with Crippen LogP contribution in [0.1, 0.15) is 5.56 Å². The molecule has 1 heterocycles. The van der Waals surface area contributed by atoms with Crippen molar-refractivity contribution >= 4 is 19.3 Å². The number of nitrogens with one attached hydrogen (secondary N) is 1. The second-order valence-corrected chi connectivity index (χ2v) is 8.35. The molecule has 0 bridgehead atoms. The first-order valence-corrected chi connectivity index (χ1v) is 10.7. The molecule has 4 aromatic carbocycles. The molecule has 28 heavy (non-hydrogen) atoms. The largest absolute Gasteiger partial charge is 0.448 e. The Morgan fingerprint density at radius 1 is 0.607 bits per heavy atom. The van der Waals surface area contributed by atoms with Crippen molar-refractivity contribution in [3.8, 4) is 28.0 Å². The van der Waals surface area contributed by atoms with Crippen LogP contribution in [0.4, 0.5) is 5.69 Å². The van der Waals surface area contributed by atoms with Gasteiger partial charge in [-0.05, 0) is 41.8 Å². The number of hydrogen-bond donors (Lipinski definition) is 1. The number of para-hydroxylation sites is 2. The van der Waals surface area contributed by atoms with E-state index in [9.17, 15) is 0 Å². The SMILES string of the molecule is Cc1ccccc1-c1ccccc1NP1Oc2ccccc2-c2ccccc21. The molecule has 0 fully saturated rings. The summed E-state index contributed by atoms with van der Waals surface area (Å²) in [5, 5.41) is 4.93. The van der Waals surface area contributed by atoms with Crippen LogP contribution in [0, 0.1) is 6.92 Å². The summed E-state index contributed by atoms with van der Waals surface area (Å²) in [6.07, 6.45) is 0. The molecule has 0 aromatic heterocycles. The van der Waals surface area contributed by atoms with E-state index in [0.29, 0.717) is 0 Å². The minimum absolute atomic E-state index is 0.938. The molecule has 1 N–H and O–H groups in total. The maximum absolute atomic E-state index is 6.44. The summed E-state index contributed by atoms with van der Waals surface area (Å²) in [5.74, 6) is 0.938. The number of hydrogen-bond acceptors (Lipinski definition) is 2. The molecule has 3 heteroatoms. The molecular weight excluding hydrogens is 361 g/mol. The van der Waals surface area contributed by atoms with E-state index >= 15 is 0 Å². The van der Waals surface area contributed by atoms with Crippen molar-refractivity contribution in [1.29, 1.82) is 0 Å². The predicted octanol–water partition coefficient (Wildman–Crippen LogP) is 6.77. The van der Waals surface area contributed by atoms with Crippen LogP contribution in [0.3, 0.4) is 0 Å². The number of rotatable bonds is 3. The maximum Gasteiger partial charge on any atom is 0.223 e. The van der Waals surface area contributed by atoms with Gasteiger partial charge in [0, 0.05) is 22.1 Å². The van der Waals surface area contributed by atoms with Gasteiger partial charge < -0.3 is 9.61 Å². The monoisotopic (exact) mass is 381 g/mol. The summed E-state index contributed by atoms with van der Waals surface area (Å²) in [7, 11) is -1.02. The number of aryl methyl sites for hydroxylation is 1. The lowest BCUT2D eigenvalue weighted by molar-refractivity contribution is 0.625. The van der Waals surface area contributed by atoms with Gasteiger partial charge >= 0.3 is 0 Å². The van der Waals surface area contributed by atoms with Crippen LogP contribution >= 0.6 is 8.30 Å². The van der Waals surface area contributed by atoms with Crippen LogP contribution < -0.4 is 14.9 Å². The lowest BCUT2D eigenvalue weighted by atomic mass is 9.99. The van der Waals surface area contributed by atoms with E-state index < -0.39 is 8.30 Å². The summed E-state index contributed by atoms with van der Waals surface area (Å²) >= 11 is 0. The van der Waals surface area contributed by atoms with Crippen molar-refractivity contribution in [2.24, 2.45) is 0 Å². The minimum Gasteiger partial charge on any atom is -0.448 e. The summed E-state index contributed by atoms with van der Waals surface area (Å²) in [5.41, 5.74) is 7.20. The zero-order valence-corrected chi connectivity index (χ0v) is 16.5. The maximum atomic E-state index is 6.44. The molecule has 0 amide bonds. The van der Waals surface area contributed by atoms with Crippen molar-refractivity contribution in [2.45, 2.75) is 6.92 Å². The second-order valence-electron chi connectivity index (χ2n) is 6.87. The standard InChI is InChI=1S/C25H20NOP/c1-18-10-2-3-11-19(18)20-12-4-7-15-23(20)26-28-25-17-9-6-14-22(25)21-13-5-8-16-24(21)27-28/h2-17,26H,1H3. The molecule has 0 saturated heterocycles. The summed E-state index contributed by atoms with van der Waals surface area (Å²) in [6.45, 7) is 2.15. The molecule has 4 aromatic rings. The van der Waals surface area contributed by atoms with Gasteiger partial charge in [-0.3, -0.25) is 0 Å². The molecule has 0 aliphatic carbocycles. The van der Waals surface area contributed by atoms with E-state index in [1.807, 2.05) is 6.07 Å². The van der Waals surface area contributed by atoms with Gasteiger partial charge in [0.1, 0.15) is 5.75 Å². The Balaban J connectivity index is 1.58. The van der Waals surface area contributed by atoms with Crippen LogP contribution in [0.25, 0.3) is 22.3 Å². The quantitative estimate of drug-likeness (QED) is 0.395. The molecular formula is C25H20NOP. The molecule has 2 nitrogen and oxygen atoms in total. The molecule has 136 valence electrons. The Labute approximate surface area is 166 Å². The lowest BCUT2D eigenvalue weighted by Crippen LogP contribution is -2.18. The molecule has 5 rings (SSSR count). The van der Waals surface area contributed by atoms with Gasteiger partial charge in [0.25, 0.3) is 0 Å². The normalized spacial score (nSPS) is 14.5. The fourth-order valence-electron chi connectivity index (χ4n) is 3.68. The van der Waals surface area contributed by atoms with Gasteiger partial charge in [0.05, 0.1) is 0 Å². The second kappa shape index (κ2) is 7.14. The Bertz CT molecular complexity index is 1150. The lowest BCUT2D eigenvalue weighted by Gasteiger charge is -2.29. The van der Waals surface area contributed by atoms with Gasteiger partial charge in [-0.1, -0.05) is 78.9 Å². The molecule has 0 radical (unpaired) electrons. The highest BCUT2D eigenvalue weighted by atomic mass is 31.2. The third-order valence-electron chi connectivity index (χ3n) is 5.07. The molecule has 1 aliphatic rings. The zero-order valence-electron chi connectivity index (χ0n) is 15.6. The van der Waals surface area contributed by atoms with Gasteiger partial charge in [-0.15, -0.1) is 0 Å². The number of benzene rings is 4. The van der Waals surface area contributed by atoms with Gasteiger partial charge in [-0.25, -0.2) is 0 Å². The van der Waals surface area contributed by atoms with Crippen molar-refractivity contribution in [3.05, 3.63) is 103 Å². The Morgan fingerprint density at radius 2 is 1.21 bits per heavy atom. The van der Waals surface area contributed by atoms with Gasteiger partial charge in [0.2, 0.25) is 8.30 Å². The van der Waals surface area contributed by atoms with E-state index in [1.54, 1.807) is 0 Å². The topological polar surface area (TPSA) is 21.3 Å². The van der Waals surface area contributed by atoms with Gasteiger partial charge in [-0.2, -0.15) is 0 Å². The average Bonchev–Trinajstić information content (AvgIpc) is 2.75. The number of anilines is 1. The minimum atomic E-state index is -1.02. The molecule has 0 saturated carbocycles. The van der Waals surface area contributed by atoms with Gasteiger partial charge in [0.15, 0.2) is 0 Å². The zero-order chi connectivity index (χ0) is 18.9. The van der Waals surface area contributed by atoms with Crippen molar-refractivity contribution in [1.82, 2.24) is 0 Å². The van der Waals surface area contributed by atoms with Crippen molar-refractivity contribution in [2.75, 3.05) is 5.09 Å². The highest BCUT2D eigenvalue weighted by molar-refractivity contribution is 7.63. The molecule has 0 spiro atoms. The highest BCUT2D eigenvalue weighted by Gasteiger charge is 2.27. The first-order valence-electron chi connectivity index (χ1n) is 9.39. The van der Waals surface area contributed by atoms with Crippen molar-refractivity contribution < 1.29 is 4.52 Å². The van der Waals surface area contributed by atoms with E-state index in [2.05, 4.69) is 103 Å². The van der Waals surface area contributed by atoms with Crippen LogP contribution in [0.15, 0.2) is 97.1 Å². The summed E-state index contributed by atoms with van der Waals surface area (Å²) < 4.78 is 6.44. The summed E-state index contributed by atoms with van der Waals surface area (Å²) in [4.78, 5) is 0. The fraction of sp³-hybridized carbons (Fsp3) is 0.0400.